The molecule has 0 fully saturated rings. The molecule has 1 heterocycles. The minimum Gasteiger partial charge on any atom is -0.338 e. The molecule has 18 heavy (non-hydrogen) atoms. The zero-order valence-corrected chi connectivity index (χ0v) is 10.5. The van der Waals surface area contributed by atoms with Crippen molar-refractivity contribution in [2.24, 2.45) is 0 Å². The first-order valence-corrected chi connectivity index (χ1v) is 5.68. The lowest BCUT2D eigenvalue weighted by Crippen LogP contribution is -1.98. The van der Waals surface area contributed by atoms with Crippen LogP contribution in [0.3, 0.4) is 0 Å². The third-order valence-electron chi connectivity index (χ3n) is 2.14. The second kappa shape index (κ2) is 5.10. The Kier molecular flexibility index (Phi) is 3.53. The van der Waals surface area contributed by atoms with Gasteiger partial charge in [-0.05, 0) is 34.1 Å². The molecular formula is C12H6BrF2N3. The predicted octanol–water partition coefficient (Wildman–Crippen LogP) is 3.74. The van der Waals surface area contributed by atoms with Crippen LogP contribution in [0, 0.1) is 23.0 Å². The number of halogens is 3. The van der Waals surface area contributed by atoms with Crippen molar-refractivity contribution in [1.29, 1.82) is 5.26 Å². The van der Waals surface area contributed by atoms with Crippen LogP contribution in [0.15, 0.2) is 34.8 Å². The first-order valence-electron chi connectivity index (χ1n) is 4.89. The number of benzene rings is 1. The van der Waals surface area contributed by atoms with E-state index in [1.165, 1.54) is 12.1 Å². The molecule has 0 bridgehead atoms. The highest BCUT2D eigenvalue weighted by molar-refractivity contribution is 9.10. The van der Waals surface area contributed by atoms with Gasteiger partial charge in [0.05, 0.1) is 10.2 Å². The molecule has 0 amide bonds. The van der Waals surface area contributed by atoms with Crippen LogP contribution in [0.1, 0.15) is 5.69 Å². The molecule has 90 valence electrons. The molecule has 0 aliphatic rings. The molecule has 1 aromatic heterocycles. The summed E-state index contributed by atoms with van der Waals surface area (Å²) in [4.78, 5) is 3.93. The van der Waals surface area contributed by atoms with E-state index in [4.69, 9.17) is 5.26 Å². The molecule has 3 nitrogen and oxygen atoms in total. The predicted molar refractivity (Wildman–Crippen MR) is 66.3 cm³/mol. The zero-order valence-electron chi connectivity index (χ0n) is 8.92. The van der Waals surface area contributed by atoms with Crippen molar-refractivity contribution in [3.05, 3.63) is 52.1 Å². The lowest BCUT2D eigenvalue weighted by molar-refractivity contribution is 0.581. The van der Waals surface area contributed by atoms with Gasteiger partial charge in [0, 0.05) is 6.07 Å². The number of hydrogen-bond donors (Lipinski definition) is 1. The fourth-order valence-corrected chi connectivity index (χ4v) is 1.67. The fraction of sp³-hybridized carbons (Fsp3) is 0. The first-order chi connectivity index (χ1) is 8.60. The average Bonchev–Trinajstić information content (AvgIpc) is 2.36. The van der Waals surface area contributed by atoms with Crippen molar-refractivity contribution in [1.82, 2.24) is 4.98 Å². The van der Waals surface area contributed by atoms with Crippen molar-refractivity contribution < 1.29 is 8.78 Å². The minimum atomic E-state index is -0.736. The molecule has 0 radical (unpaired) electrons. The van der Waals surface area contributed by atoms with Crippen molar-refractivity contribution >= 4 is 27.4 Å². The number of rotatable bonds is 2. The van der Waals surface area contributed by atoms with Gasteiger partial charge in [-0.1, -0.05) is 6.07 Å². The zero-order chi connectivity index (χ0) is 13.1. The summed E-state index contributed by atoms with van der Waals surface area (Å²) in [7, 11) is 0. The van der Waals surface area contributed by atoms with Crippen molar-refractivity contribution in [3.8, 4) is 6.07 Å². The molecular weight excluding hydrogens is 304 g/mol. The van der Waals surface area contributed by atoms with E-state index in [2.05, 4.69) is 26.2 Å². The SMILES string of the molecule is N#Cc1cccc(Nc2cc(Br)c(F)cc2F)n1. The Balaban J connectivity index is 2.34. The summed E-state index contributed by atoms with van der Waals surface area (Å²) in [6.07, 6.45) is 0. The maximum atomic E-state index is 13.5. The summed E-state index contributed by atoms with van der Waals surface area (Å²) in [5.74, 6) is -1.11. The highest BCUT2D eigenvalue weighted by Crippen LogP contribution is 2.25. The van der Waals surface area contributed by atoms with Crippen LogP contribution in [-0.4, -0.2) is 4.98 Å². The van der Waals surface area contributed by atoms with Gasteiger partial charge in [-0.25, -0.2) is 13.8 Å². The van der Waals surface area contributed by atoms with Gasteiger partial charge < -0.3 is 5.32 Å². The third-order valence-corrected chi connectivity index (χ3v) is 2.74. The van der Waals surface area contributed by atoms with Gasteiger partial charge in [-0.2, -0.15) is 5.26 Å². The molecule has 6 heteroatoms. The normalized spacial score (nSPS) is 9.89. The highest BCUT2D eigenvalue weighted by atomic mass is 79.9. The van der Waals surface area contributed by atoms with Gasteiger partial charge in [0.25, 0.3) is 0 Å². The molecule has 2 rings (SSSR count). The van der Waals surface area contributed by atoms with Crippen LogP contribution in [0.4, 0.5) is 20.3 Å². The largest absolute Gasteiger partial charge is 0.338 e. The summed E-state index contributed by atoms with van der Waals surface area (Å²) in [6.45, 7) is 0. The molecule has 0 aliphatic heterocycles. The van der Waals surface area contributed by atoms with Crippen LogP contribution < -0.4 is 5.32 Å². The van der Waals surface area contributed by atoms with Gasteiger partial charge in [0.2, 0.25) is 0 Å². The summed E-state index contributed by atoms with van der Waals surface area (Å²) >= 11 is 2.97. The second-order valence-corrected chi connectivity index (χ2v) is 4.25. The number of nitrogens with zero attached hydrogens (tertiary/aromatic N) is 2. The van der Waals surface area contributed by atoms with E-state index in [9.17, 15) is 8.78 Å². The lowest BCUT2D eigenvalue weighted by atomic mass is 10.3. The van der Waals surface area contributed by atoms with Gasteiger partial charge in [0.1, 0.15) is 29.2 Å². The molecule has 1 aromatic carbocycles. The third kappa shape index (κ3) is 2.63. The van der Waals surface area contributed by atoms with Crippen molar-refractivity contribution in [2.45, 2.75) is 0 Å². The standard InChI is InChI=1S/C12H6BrF2N3/c13-8-4-11(10(15)5-9(8)14)18-12-3-1-2-7(6-16)17-12/h1-5H,(H,17,18). The summed E-state index contributed by atoms with van der Waals surface area (Å²) in [6, 6.07) is 8.63. The Morgan fingerprint density at radius 2 is 2.00 bits per heavy atom. The van der Waals surface area contributed by atoms with Gasteiger partial charge in [-0.3, -0.25) is 0 Å². The number of hydrogen-bond acceptors (Lipinski definition) is 3. The van der Waals surface area contributed by atoms with E-state index in [0.717, 1.165) is 6.07 Å². The van der Waals surface area contributed by atoms with Crippen molar-refractivity contribution in [2.75, 3.05) is 5.32 Å². The molecule has 0 aliphatic carbocycles. The van der Waals surface area contributed by atoms with Gasteiger partial charge in [0.15, 0.2) is 0 Å². The maximum Gasteiger partial charge on any atom is 0.149 e. The van der Waals surface area contributed by atoms with Crippen LogP contribution in [0.25, 0.3) is 0 Å². The Bertz CT molecular complexity index is 638. The quantitative estimate of drug-likeness (QED) is 0.860. The molecule has 0 unspecified atom stereocenters. The van der Waals surface area contributed by atoms with E-state index in [0.29, 0.717) is 5.82 Å². The van der Waals surface area contributed by atoms with Gasteiger partial charge in [-0.15, -0.1) is 0 Å². The molecule has 2 aromatic rings. The topological polar surface area (TPSA) is 48.7 Å². The smallest absolute Gasteiger partial charge is 0.149 e. The van der Waals surface area contributed by atoms with Crippen LogP contribution in [0.5, 0.6) is 0 Å². The van der Waals surface area contributed by atoms with Crippen LogP contribution in [0.2, 0.25) is 0 Å². The Morgan fingerprint density at radius 1 is 1.22 bits per heavy atom. The Hall–Kier alpha value is -2.00. The monoisotopic (exact) mass is 309 g/mol. The Morgan fingerprint density at radius 3 is 2.72 bits per heavy atom. The molecule has 0 saturated heterocycles. The molecule has 0 atom stereocenters. The highest BCUT2D eigenvalue weighted by Gasteiger charge is 2.09. The Labute approximate surface area is 110 Å². The number of nitrogens with one attached hydrogen (secondary N) is 1. The summed E-state index contributed by atoms with van der Waals surface area (Å²) in [5, 5.41) is 11.4. The molecule has 0 spiro atoms. The number of nitriles is 1. The van der Waals surface area contributed by atoms with E-state index in [1.807, 2.05) is 6.07 Å². The van der Waals surface area contributed by atoms with E-state index in [-0.39, 0.29) is 15.9 Å². The fourth-order valence-electron chi connectivity index (χ4n) is 1.32. The van der Waals surface area contributed by atoms with Crippen LogP contribution in [-0.2, 0) is 0 Å². The second-order valence-electron chi connectivity index (χ2n) is 3.39. The lowest BCUT2D eigenvalue weighted by Gasteiger charge is -2.07. The van der Waals surface area contributed by atoms with Gasteiger partial charge >= 0.3 is 0 Å². The van der Waals surface area contributed by atoms with Crippen molar-refractivity contribution in [3.63, 3.8) is 0 Å². The molecule has 0 saturated carbocycles. The summed E-state index contributed by atoms with van der Waals surface area (Å²) < 4.78 is 26.7. The average molecular weight is 310 g/mol. The van der Waals surface area contributed by atoms with Crippen LogP contribution >= 0.6 is 15.9 Å². The van der Waals surface area contributed by atoms with E-state index >= 15 is 0 Å². The minimum absolute atomic E-state index is 0.0749. The number of pyridine rings is 1. The number of aromatic nitrogens is 1. The number of anilines is 2. The first kappa shape index (κ1) is 12.5. The maximum absolute atomic E-state index is 13.5. The summed E-state index contributed by atoms with van der Waals surface area (Å²) in [5.41, 5.74) is 0.285. The van der Waals surface area contributed by atoms with E-state index in [1.54, 1.807) is 12.1 Å². The molecule has 1 N–H and O–H groups in total. The van der Waals surface area contributed by atoms with E-state index < -0.39 is 11.6 Å².